The molecule has 2 aromatic carbocycles. The van der Waals surface area contributed by atoms with E-state index in [2.05, 4.69) is 10.6 Å². The highest BCUT2D eigenvalue weighted by atomic mass is 35.5. The van der Waals surface area contributed by atoms with Gasteiger partial charge in [0.15, 0.2) is 0 Å². The Morgan fingerprint density at radius 3 is 2.32 bits per heavy atom. The zero-order valence-electron chi connectivity index (χ0n) is 17.3. The first-order valence-corrected chi connectivity index (χ1v) is 10.4. The molecular formula is C24H22Cl2N2O3. The number of hydrogen-bond donors (Lipinski definition) is 2. The van der Waals surface area contributed by atoms with Crippen molar-refractivity contribution in [2.24, 2.45) is 0 Å². The topological polar surface area (TPSA) is 71.3 Å². The molecule has 2 amide bonds. The zero-order valence-corrected chi connectivity index (χ0v) is 18.8. The fourth-order valence-electron chi connectivity index (χ4n) is 2.77. The second kappa shape index (κ2) is 9.86. The summed E-state index contributed by atoms with van der Waals surface area (Å²) in [5, 5.41) is 6.33. The Morgan fingerprint density at radius 1 is 0.968 bits per heavy atom. The molecule has 0 saturated heterocycles. The van der Waals surface area contributed by atoms with Crippen molar-refractivity contribution >= 4 is 41.1 Å². The summed E-state index contributed by atoms with van der Waals surface area (Å²) in [6, 6.07) is 15.6. The predicted molar refractivity (Wildman–Crippen MR) is 124 cm³/mol. The van der Waals surface area contributed by atoms with Crippen molar-refractivity contribution < 1.29 is 14.0 Å². The summed E-state index contributed by atoms with van der Waals surface area (Å²) in [6.45, 7) is 5.62. The van der Waals surface area contributed by atoms with Crippen molar-refractivity contribution in [1.29, 1.82) is 0 Å². The zero-order chi connectivity index (χ0) is 22.5. The van der Waals surface area contributed by atoms with E-state index in [1.54, 1.807) is 42.5 Å². The SMILES string of the molecule is Cc1ccc(C(=O)N/C(=C/c2ccc(-c3ccc(Cl)c(Cl)c3)o2)C(=O)NC(C)C)cc1. The second-order valence-corrected chi connectivity index (χ2v) is 8.15. The van der Waals surface area contributed by atoms with Gasteiger partial charge in [-0.25, -0.2) is 0 Å². The minimum atomic E-state index is -0.414. The highest BCUT2D eigenvalue weighted by Gasteiger charge is 2.16. The molecule has 0 fully saturated rings. The molecule has 1 heterocycles. The van der Waals surface area contributed by atoms with Gasteiger partial charge in [-0.3, -0.25) is 9.59 Å². The molecule has 3 rings (SSSR count). The number of rotatable bonds is 6. The normalized spacial score (nSPS) is 11.5. The van der Waals surface area contributed by atoms with E-state index < -0.39 is 5.91 Å². The molecular weight excluding hydrogens is 435 g/mol. The Bertz CT molecular complexity index is 1130. The van der Waals surface area contributed by atoms with Crippen LogP contribution in [-0.4, -0.2) is 17.9 Å². The van der Waals surface area contributed by atoms with Crippen molar-refractivity contribution in [3.63, 3.8) is 0 Å². The Balaban J connectivity index is 1.89. The Kier molecular flexibility index (Phi) is 7.21. The van der Waals surface area contributed by atoms with E-state index in [0.29, 0.717) is 27.1 Å². The van der Waals surface area contributed by atoms with Crippen molar-refractivity contribution in [3.05, 3.63) is 87.2 Å². The van der Waals surface area contributed by atoms with E-state index in [9.17, 15) is 9.59 Å². The maximum atomic E-state index is 12.7. The summed E-state index contributed by atoms with van der Waals surface area (Å²) in [5.74, 6) is 0.154. The quantitative estimate of drug-likeness (QED) is 0.456. The van der Waals surface area contributed by atoms with E-state index in [1.807, 2.05) is 32.9 Å². The summed E-state index contributed by atoms with van der Waals surface area (Å²) >= 11 is 12.1. The highest BCUT2D eigenvalue weighted by molar-refractivity contribution is 6.42. The molecule has 0 aliphatic carbocycles. The van der Waals surface area contributed by atoms with Gasteiger partial charge in [-0.15, -0.1) is 0 Å². The number of aryl methyl sites for hydroxylation is 1. The third kappa shape index (κ3) is 6.00. The van der Waals surface area contributed by atoms with Gasteiger partial charge in [0, 0.05) is 23.2 Å². The van der Waals surface area contributed by atoms with E-state index in [-0.39, 0.29) is 17.6 Å². The maximum Gasteiger partial charge on any atom is 0.268 e. The fraction of sp³-hybridized carbons (Fsp3) is 0.167. The first-order valence-electron chi connectivity index (χ1n) is 9.69. The van der Waals surface area contributed by atoms with E-state index in [0.717, 1.165) is 11.1 Å². The minimum absolute atomic E-state index is 0.0781. The van der Waals surface area contributed by atoms with Gasteiger partial charge in [0.1, 0.15) is 17.2 Å². The first-order chi connectivity index (χ1) is 14.7. The summed E-state index contributed by atoms with van der Waals surface area (Å²) < 4.78 is 5.84. The van der Waals surface area contributed by atoms with Crippen LogP contribution in [0.5, 0.6) is 0 Å². The van der Waals surface area contributed by atoms with Crippen LogP contribution in [0.2, 0.25) is 10.0 Å². The van der Waals surface area contributed by atoms with Crippen LogP contribution in [-0.2, 0) is 4.79 Å². The van der Waals surface area contributed by atoms with E-state index in [1.165, 1.54) is 6.08 Å². The van der Waals surface area contributed by atoms with Crippen molar-refractivity contribution in [2.45, 2.75) is 26.8 Å². The Hall–Kier alpha value is -3.02. The third-order valence-electron chi connectivity index (χ3n) is 4.34. The number of halogens is 2. The maximum absolute atomic E-state index is 12.7. The fourth-order valence-corrected chi connectivity index (χ4v) is 3.07. The Labute approximate surface area is 191 Å². The molecule has 0 saturated carbocycles. The average Bonchev–Trinajstić information content (AvgIpc) is 3.18. The molecule has 3 aromatic rings. The standard InChI is InChI=1S/C24H22Cl2N2O3/c1-14(2)27-24(30)21(28-23(29)16-6-4-15(3)5-7-16)13-18-9-11-22(31-18)17-8-10-19(25)20(26)12-17/h4-14H,1-3H3,(H,27,30)(H,28,29)/b21-13+. The lowest BCUT2D eigenvalue weighted by atomic mass is 10.1. The molecule has 160 valence electrons. The van der Waals surface area contributed by atoms with Crippen LogP contribution in [0.15, 0.2) is 64.7 Å². The summed E-state index contributed by atoms with van der Waals surface area (Å²) in [4.78, 5) is 25.3. The molecule has 31 heavy (non-hydrogen) atoms. The van der Waals surface area contributed by atoms with Crippen molar-refractivity contribution in [3.8, 4) is 11.3 Å². The number of nitrogens with one attached hydrogen (secondary N) is 2. The number of furan rings is 1. The molecule has 0 radical (unpaired) electrons. The molecule has 7 heteroatoms. The number of carbonyl (C=O) groups excluding carboxylic acids is 2. The van der Waals surface area contributed by atoms with E-state index >= 15 is 0 Å². The molecule has 0 aliphatic rings. The molecule has 0 bridgehead atoms. The molecule has 0 spiro atoms. The summed E-state index contributed by atoms with van der Waals surface area (Å²) in [6.07, 6.45) is 1.49. The minimum Gasteiger partial charge on any atom is -0.457 e. The van der Waals surface area contributed by atoms with Crippen molar-refractivity contribution in [1.82, 2.24) is 10.6 Å². The van der Waals surface area contributed by atoms with Crippen molar-refractivity contribution in [2.75, 3.05) is 0 Å². The summed E-state index contributed by atoms with van der Waals surface area (Å²) in [7, 11) is 0. The molecule has 2 N–H and O–H groups in total. The lowest BCUT2D eigenvalue weighted by molar-refractivity contribution is -0.118. The van der Waals surface area contributed by atoms with Gasteiger partial charge < -0.3 is 15.1 Å². The summed E-state index contributed by atoms with van der Waals surface area (Å²) in [5.41, 5.74) is 2.31. The number of hydrogen-bond acceptors (Lipinski definition) is 3. The average molecular weight is 457 g/mol. The van der Waals surface area contributed by atoms with Crippen LogP contribution < -0.4 is 10.6 Å². The highest BCUT2D eigenvalue weighted by Crippen LogP contribution is 2.30. The molecule has 0 unspecified atom stereocenters. The monoisotopic (exact) mass is 456 g/mol. The molecule has 1 aromatic heterocycles. The van der Waals surface area contributed by atoms with Crippen LogP contribution in [0.3, 0.4) is 0 Å². The van der Waals surface area contributed by atoms with E-state index in [4.69, 9.17) is 27.6 Å². The Morgan fingerprint density at radius 2 is 1.68 bits per heavy atom. The number of carbonyl (C=O) groups is 2. The molecule has 0 aliphatic heterocycles. The van der Waals surface area contributed by atoms with Gasteiger partial charge >= 0.3 is 0 Å². The lowest BCUT2D eigenvalue weighted by Crippen LogP contribution is -2.38. The van der Waals surface area contributed by atoms with Crippen LogP contribution >= 0.6 is 23.2 Å². The predicted octanol–water partition coefficient (Wildman–Crippen LogP) is 5.86. The van der Waals surface area contributed by atoms with Crippen LogP contribution in [0.25, 0.3) is 17.4 Å². The van der Waals surface area contributed by atoms with Gasteiger partial charge in [-0.2, -0.15) is 0 Å². The van der Waals surface area contributed by atoms with Crippen LogP contribution in [0.4, 0.5) is 0 Å². The number of benzene rings is 2. The van der Waals surface area contributed by atoms with Gasteiger partial charge in [0.05, 0.1) is 10.0 Å². The van der Waals surface area contributed by atoms with Gasteiger partial charge in [0.2, 0.25) is 0 Å². The largest absolute Gasteiger partial charge is 0.457 e. The first kappa shape index (κ1) is 22.7. The third-order valence-corrected chi connectivity index (χ3v) is 5.08. The van der Waals surface area contributed by atoms with Gasteiger partial charge in [-0.1, -0.05) is 40.9 Å². The molecule has 0 atom stereocenters. The van der Waals surface area contributed by atoms with Gasteiger partial charge in [0.25, 0.3) is 11.8 Å². The second-order valence-electron chi connectivity index (χ2n) is 7.34. The smallest absolute Gasteiger partial charge is 0.268 e. The number of amides is 2. The lowest BCUT2D eigenvalue weighted by Gasteiger charge is -2.13. The van der Waals surface area contributed by atoms with Gasteiger partial charge in [-0.05, 0) is 63.2 Å². The van der Waals surface area contributed by atoms with Crippen LogP contribution in [0, 0.1) is 6.92 Å². The van der Waals surface area contributed by atoms with Crippen LogP contribution in [0.1, 0.15) is 35.5 Å². The molecule has 5 nitrogen and oxygen atoms in total.